The van der Waals surface area contributed by atoms with E-state index >= 15 is 0 Å². The first-order chi connectivity index (χ1) is 6.74. The highest BCUT2D eigenvalue weighted by atomic mass is 14.7. The Bertz CT molecular complexity index is 134. The molecule has 0 rings (SSSR count). The molecule has 84 valence electrons. The smallest absolute Gasteiger partial charge is 0.0163 e. The number of nitrogens with two attached hydrogens (primary N) is 2. The van der Waals surface area contributed by atoms with E-state index in [1.165, 1.54) is 25.7 Å². The lowest BCUT2D eigenvalue weighted by Gasteiger charge is -2.15. The molecule has 0 aromatic carbocycles. The summed E-state index contributed by atoms with van der Waals surface area (Å²) in [5.74, 6) is 0.808. The molecule has 0 amide bonds. The maximum Gasteiger partial charge on any atom is 0.0163 e. The number of hydrogen-bond acceptors (Lipinski definition) is 2. The Balaban J connectivity index is 3.53. The van der Waals surface area contributed by atoms with Crippen LogP contribution in [0.3, 0.4) is 0 Å². The molecule has 0 aliphatic heterocycles. The van der Waals surface area contributed by atoms with Crippen LogP contribution in [0, 0.1) is 5.92 Å². The molecule has 2 heteroatoms. The molecule has 2 atom stereocenters. The van der Waals surface area contributed by atoms with Crippen LogP contribution in [0.4, 0.5) is 0 Å². The molecule has 2 nitrogen and oxygen atoms in total. The van der Waals surface area contributed by atoms with Gasteiger partial charge in [-0.25, -0.2) is 0 Å². The molecule has 0 aliphatic carbocycles. The van der Waals surface area contributed by atoms with E-state index in [1.54, 1.807) is 0 Å². The summed E-state index contributed by atoms with van der Waals surface area (Å²) >= 11 is 0. The average Bonchev–Trinajstić information content (AvgIpc) is 2.18. The van der Waals surface area contributed by atoms with Crippen molar-refractivity contribution in [3.8, 4) is 0 Å². The van der Waals surface area contributed by atoms with E-state index in [0.717, 1.165) is 18.8 Å². The van der Waals surface area contributed by atoms with Gasteiger partial charge < -0.3 is 11.5 Å². The minimum atomic E-state index is 0.195. The highest BCUT2D eigenvalue weighted by Crippen LogP contribution is 2.19. The minimum absolute atomic E-state index is 0.195. The average molecular weight is 198 g/mol. The van der Waals surface area contributed by atoms with Crippen LogP contribution < -0.4 is 11.5 Å². The van der Waals surface area contributed by atoms with Crippen molar-refractivity contribution < 1.29 is 0 Å². The maximum absolute atomic E-state index is 5.76. The topological polar surface area (TPSA) is 52.0 Å². The second-order valence-electron chi connectivity index (χ2n) is 4.11. The molecule has 0 aromatic heterocycles. The van der Waals surface area contributed by atoms with Crippen molar-refractivity contribution in [2.45, 2.75) is 51.5 Å². The lowest BCUT2D eigenvalue weighted by Crippen LogP contribution is -2.29. The van der Waals surface area contributed by atoms with E-state index < -0.39 is 0 Å². The minimum Gasteiger partial charge on any atom is -0.329 e. The van der Waals surface area contributed by atoms with Crippen molar-refractivity contribution in [3.05, 3.63) is 12.7 Å². The van der Waals surface area contributed by atoms with Gasteiger partial charge in [0.05, 0.1) is 0 Å². The Morgan fingerprint density at radius 3 is 2.50 bits per heavy atom. The van der Waals surface area contributed by atoms with Gasteiger partial charge >= 0.3 is 0 Å². The fraction of sp³-hybridized carbons (Fsp3) is 0.833. The van der Waals surface area contributed by atoms with Gasteiger partial charge in [-0.3, -0.25) is 0 Å². The summed E-state index contributed by atoms with van der Waals surface area (Å²) in [6.07, 6.45) is 9.29. The fourth-order valence-corrected chi connectivity index (χ4v) is 1.81. The van der Waals surface area contributed by atoms with E-state index in [1.807, 2.05) is 6.08 Å². The third kappa shape index (κ3) is 7.10. The predicted molar refractivity (Wildman–Crippen MR) is 64.1 cm³/mol. The molecule has 2 unspecified atom stereocenters. The first-order valence-corrected chi connectivity index (χ1v) is 5.81. The molecule has 0 saturated heterocycles. The molecular formula is C12H26N2. The zero-order valence-electron chi connectivity index (χ0n) is 9.54. The summed E-state index contributed by atoms with van der Waals surface area (Å²) < 4.78 is 0. The molecule has 4 N–H and O–H groups in total. The fourth-order valence-electron chi connectivity index (χ4n) is 1.81. The van der Waals surface area contributed by atoms with Crippen LogP contribution in [-0.4, -0.2) is 12.6 Å². The molecule has 0 bridgehead atoms. The lowest BCUT2D eigenvalue weighted by atomic mass is 9.93. The Kier molecular flexibility index (Phi) is 9.00. The summed E-state index contributed by atoms with van der Waals surface area (Å²) in [5.41, 5.74) is 11.2. The quantitative estimate of drug-likeness (QED) is 0.559. The summed E-state index contributed by atoms with van der Waals surface area (Å²) in [6.45, 7) is 6.65. The molecular weight excluding hydrogens is 172 g/mol. The SMILES string of the molecule is C=CCC(CCC)CCCC(N)CN. The normalized spacial score (nSPS) is 15.1. The van der Waals surface area contributed by atoms with Gasteiger partial charge in [-0.15, -0.1) is 6.58 Å². The van der Waals surface area contributed by atoms with Gasteiger partial charge in [-0.1, -0.05) is 38.7 Å². The van der Waals surface area contributed by atoms with Crippen LogP contribution in [0.15, 0.2) is 12.7 Å². The molecule has 0 radical (unpaired) electrons. The Hall–Kier alpha value is -0.340. The van der Waals surface area contributed by atoms with E-state index in [-0.39, 0.29) is 6.04 Å². The van der Waals surface area contributed by atoms with Gasteiger partial charge in [0.1, 0.15) is 0 Å². The predicted octanol–water partition coefficient (Wildman–Crippen LogP) is 2.44. The molecule has 0 aliphatic rings. The highest BCUT2D eigenvalue weighted by molar-refractivity contribution is 4.73. The zero-order chi connectivity index (χ0) is 10.8. The molecule has 0 heterocycles. The maximum atomic E-state index is 5.76. The molecule has 0 aromatic rings. The number of rotatable bonds is 9. The van der Waals surface area contributed by atoms with Gasteiger partial charge in [-0.2, -0.15) is 0 Å². The van der Waals surface area contributed by atoms with Crippen molar-refractivity contribution in [1.29, 1.82) is 0 Å². The summed E-state index contributed by atoms with van der Waals surface area (Å²) in [7, 11) is 0. The van der Waals surface area contributed by atoms with E-state index in [4.69, 9.17) is 11.5 Å². The number of hydrogen-bond donors (Lipinski definition) is 2. The largest absolute Gasteiger partial charge is 0.329 e. The van der Waals surface area contributed by atoms with Crippen LogP contribution in [0.5, 0.6) is 0 Å². The Labute approximate surface area is 88.7 Å². The molecule has 0 saturated carbocycles. The van der Waals surface area contributed by atoms with Gasteiger partial charge in [0.25, 0.3) is 0 Å². The molecule has 0 spiro atoms. The standard InChI is InChI=1S/C12H26N2/c1-3-6-11(7-4-2)8-5-9-12(14)10-13/h3,11-12H,1,4-10,13-14H2,2H3. The van der Waals surface area contributed by atoms with E-state index in [0.29, 0.717) is 6.54 Å². The van der Waals surface area contributed by atoms with Crippen LogP contribution in [-0.2, 0) is 0 Å². The monoisotopic (exact) mass is 198 g/mol. The number of allylic oxidation sites excluding steroid dienone is 1. The van der Waals surface area contributed by atoms with Crippen molar-refractivity contribution in [1.82, 2.24) is 0 Å². The Morgan fingerprint density at radius 2 is 2.00 bits per heavy atom. The third-order valence-corrected chi connectivity index (χ3v) is 2.69. The van der Waals surface area contributed by atoms with Crippen molar-refractivity contribution in [2.75, 3.05) is 6.54 Å². The summed E-state index contributed by atoms with van der Waals surface area (Å²) in [4.78, 5) is 0. The van der Waals surface area contributed by atoms with E-state index in [9.17, 15) is 0 Å². The van der Waals surface area contributed by atoms with Crippen LogP contribution in [0.1, 0.15) is 45.4 Å². The second-order valence-corrected chi connectivity index (χ2v) is 4.11. The van der Waals surface area contributed by atoms with Gasteiger partial charge in [-0.05, 0) is 18.8 Å². The van der Waals surface area contributed by atoms with Gasteiger partial charge in [0.2, 0.25) is 0 Å². The zero-order valence-corrected chi connectivity index (χ0v) is 9.54. The lowest BCUT2D eigenvalue weighted by molar-refractivity contribution is 0.418. The van der Waals surface area contributed by atoms with Crippen molar-refractivity contribution in [2.24, 2.45) is 17.4 Å². The first-order valence-electron chi connectivity index (χ1n) is 5.81. The summed E-state index contributed by atoms with van der Waals surface area (Å²) in [6, 6.07) is 0.195. The Morgan fingerprint density at radius 1 is 1.29 bits per heavy atom. The third-order valence-electron chi connectivity index (χ3n) is 2.69. The van der Waals surface area contributed by atoms with Crippen LogP contribution in [0.25, 0.3) is 0 Å². The van der Waals surface area contributed by atoms with Gasteiger partial charge in [0, 0.05) is 12.6 Å². The van der Waals surface area contributed by atoms with Crippen LogP contribution in [0.2, 0.25) is 0 Å². The van der Waals surface area contributed by atoms with Crippen molar-refractivity contribution >= 4 is 0 Å². The summed E-state index contributed by atoms with van der Waals surface area (Å²) in [5, 5.41) is 0. The highest BCUT2D eigenvalue weighted by Gasteiger charge is 2.06. The van der Waals surface area contributed by atoms with Crippen LogP contribution >= 0.6 is 0 Å². The molecule has 14 heavy (non-hydrogen) atoms. The first kappa shape index (κ1) is 13.7. The second kappa shape index (κ2) is 9.22. The van der Waals surface area contributed by atoms with Crippen molar-refractivity contribution in [3.63, 3.8) is 0 Å². The molecule has 0 fully saturated rings. The van der Waals surface area contributed by atoms with Gasteiger partial charge in [0.15, 0.2) is 0 Å². The van der Waals surface area contributed by atoms with E-state index in [2.05, 4.69) is 13.5 Å².